The summed E-state index contributed by atoms with van der Waals surface area (Å²) in [4.78, 5) is 49.9. The number of rotatable bonds is 6. The third kappa shape index (κ3) is 8.67. The number of hydrogen-bond acceptors (Lipinski definition) is 5. The van der Waals surface area contributed by atoms with Crippen molar-refractivity contribution < 1.29 is 37.5 Å². The first-order valence-corrected chi connectivity index (χ1v) is 13.1. The number of aliphatic carboxylic acids is 1. The van der Waals surface area contributed by atoms with Gasteiger partial charge >= 0.3 is 12.1 Å². The van der Waals surface area contributed by atoms with E-state index in [0.29, 0.717) is 13.0 Å². The molecule has 3 atom stereocenters. The summed E-state index contributed by atoms with van der Waals surface area (Å²) in [5.74, 6) is -3.32. The second-order valence-corrected chi connectivity index (χ2v) is 11.0. The highest BCUT2D eigenvalue weighted by Crippen LogP contribution is 2.30. The van der Waals surface area contributed by atoms with Gasteiger partial charge in [0.25, 0.3) is 0 Å². The average Bonchev–Trinajstić information content (AvgIpc) is 3.36. The number of carboxylic acids is 1. The van der Waals surface area contributed by atoms with Crippen LogP contribution in [0.4, 0.5) is 18.9 Å². The third-order valence-electron chi connectivity index (χ3n) is 6.96. The number of likely N-dealkylation sites (tertiary alicyclic amines) is 1. The summed E-state index contributed by atoms with van der Waals surface area (Å²) < 4.78 is 31.7. The van der Waals surface area contributed by atoms with Gasteiger partial charge in [0.1, 0.15) is 12.1 Å². The van der Waals surface area contributed by atoms with E-state index >= 15 is 0 Å². The molecule has 1 aromatic carbocycles. The molecular weight excluding hydrogens is 517 g/mol. The van der Waals surface area contributed by atoms with Crippen LogP contribution in [-0.4, -0.2) is 71.6 Å². The highest BCUT2D eigenvalue weighted by atomic mass is 19.4. The first-order valence-electron chi connectivity index (χ1n) is 13.1. The van der Waals surface area contributed by atoms with Gasteiger partial charge in [-0.25, -0.2) is 4.79 Å². The number of likely N-dealkylation sites (N-methyl/N-ethyl adjacent to an activating group) is 1. The standard InChI is InChI=1S/C25H38N4O3.C2HF3O2/c1-16(26-5)22(30)28-21(25(2,3)4)24(32)29-15-9-14-20(29)23(31)27-19-13-8-11-17-10-6-7-12-18(17)19;3-2(4,5)1(6)7/h8,11,13,16,20-21,26H,6-7,9-10,12,14-15H2,1-5H3,(H,27,31)(H,28,30);(H,6,7). The van der Waals surface area contributed by atoms with Crippen LogP contribution in [0.5, 0.6) is 0 Å². The molecule has 1 aromatic rings. The second kappa shape index (κ2) is 13.3. The first kappa shape index (κ1) is 32.1. The molecule has 1 aliphatic heterocycles. The number of halogens is 3. The zero-order chi connectivity index (χ0) is 29.5. The van der Waals surface area contributed by atoms with Gasteiger partial charge in [0.05, 0.1) is 6.04 Å². The molecule has 0 aromatic heterocycles. The Bertz CT molecular complexity index is 1050. The minimum atomic E-state index is -5.08. The molecule has 218 valence electrons. The molecule has 1 saturated heterocycles. The van der Waals surface area contributed by atoms with E-state index in [1.54, 1.807) is 18.9 Å². The van der Waals surface area contributed by atoms with Crippen molar-refractivity contribution in [2.45, 2.75) is 90.5 Å². The number of anilines is 1. The SMILES string of the molecule is CNC(C)C(=O)NC(C(=O)N1CCCC1C(=O)Nc1cccc2c1CCCC2)C(C)(C)C.O=C(O)C(F)(F)F. The molecule has 1 fully saturated rings. The Labute approximate surface area is 226 Å². The van der Waals surface area contributed by atoms with Gasteiger partial charge in [-0.15, -0.1) is 0 Å². The van der Waals surface area contributed by atoms with E-state index in [9.17, 15) is 27.6 Å². The summed E-state index contributed by atoms with van der Waals surface area (Å²) >= 11 is 0. The van der Waals surface area contributed by atoms with Crippen molar-refractivity contribution in [3.63, 3.8) is 0 Å². The number of alkyl halides is 3. The lowest BCUT2D eigenvalue weighted by Crippen LogP contribution is -2.59. The average molecular weight is 557 g/mol. The van der Waals surface area contributed by atoms with E-state index in [0.717, 1.165) is 31.4 Å². The third-order valence-corrected chi connectivity index (χ3v) is 6.96. The van der Waals surface area contributed by atoms with E-state index < -0.39 is 35.7 Å². The Morgan fingerprint density at radius 3 is 2.23 bits per heavy atom. The highest BCUT2D eigenvalue weighted by molar-refractivity contribution is 5.99. The second-order valence-electron chi connectivity index (χ2n) is 11.0. The number of nitrogens with one attached hydrogen (secondary N) is 3. The summed E-state index contributed by atoms with van der Waals surface area (Å²) in [6.45, 7) is 8.07. The van der Waals surface area contributed by atoms with Crippen molar-refractivity contribution >= 4 is 29.4 Å². The van der Waals surface area contributed by atoms with Gasteiger partial charge in [-0.05, 0) is 75.1 Å². The summed E-state index contributed by atoms with van der Waals surface area (Å²) in [6, 6.07) is 4.45. The fourth-order valence-corrected chi connectivity index (χ4v) is 4.63. The van der Waals surface area contributed by atoms with Gasteiger partial charge in [0.15, 0.2) is 0 Å². The lowest BCUT2D eigenvalue weighted by Gasteiger charge is -2.36. The van der Waals surface area contributed by atoms with Gasteiger partial charge in [-0.2, -0.15) is 13.2 Å². The number of nitrogens with zero attached hydrogens (tertiary/aromatic N) is 1. The topological polar surface area (TPSA) is 128 Å². The first-order chi connectivity index (χ1) is 18.1. The van der Waals surface area contributed by atoms with Crippen molar-refractivity contribution in [1.82, 2.24) is 15.5 Å². The Hall–Kier alpha value is -3.15. The van der Waals surface area contributed by atoms with Crippen LogP contribution in [0, 0.1) is 5.41 Å². The number of carbonyl (C=O) groups excluding carboxylic acids is 3. The zero-order valence-corrected chi connectivity index (χ0v) is 23.1. The molecule has 4 N–H and O–H groups in total. The lowest BCUT2D eigenvalue weighted by molar-refractivity contribution is -0.192. The lowest BCUT2D eigenvalue weighted by atomic mass is 9.85. The van der Waals surface area contributed by atoms with Crippen molar-refractivity contribution in [2.24, 2.45) is 5.41 Å². The van der Waals surface area contributed by atoms with Crippen LogP contribution in [0.2, 0.25) is 0 Å². The normalized spacial score (nSPS) is 18.7. The molecule has 3 rings (SSSR count). The van der Waals surface area contributed by atoms with Crippen LogP contribution in [0.25, 0.3) is 0 Å². The minimum absolute atomic E-state index is 0.141. The monoisotopic (exact) mass is 556 g/mol. The predicted octanol–water partition coefficient (Wildman–Crippen LogP) is 3.27. The van der Waals surface area contributed by atoms with Crippen molar-refractivity contribution in [3.05, 3.63) is 29.3 Å². The van der Waals surface area contributed by atoms with Crippen LogP contribution < -0.4 is 16.0 Å². The van der Waals surface area contributed by atoms with Crippen LogP contribution >= 0.6 is 0 Å². The summed E-state index contributed by atoms with van der Waals surface area (Å²) in [7, 11) is 1.71. The number of carboxylic acid groups (broad SMARTS) is 1. The molecule has 0 spiro atoms. The molecule has 0 radical (unpaired) electrons. The van der Waals surface area contributed by atoms with E-state index in [1.807, 2.05) is 32.9 Å². The molecule has 3 amide bonds. The maximum atomic E-state index is 13.5. The summed E-state index contributed by atoms with van der Waals surface area (Å²) in [6.07, 6.45) is 0.651. The summed E-state index contributed by atoms with van der Waals surface area (Å²) in [5, 5.41) is 16.1. The number of aryl methyl sites for hydroxylation is 1. The van der Waals surface area contributed by atoms with Crippen LogP contribution in [0.3, 0.4) is 0 Å². The fraction of sp³-hybridized carbons (Fsp3) is 0.630. The Morgan fingerprint density at radius 1 is 1.05 bits per heavy atom. The van der Waals surface area contributed by atoms with Crippen LogP contribution in [-0.2, 0) is 32.0 Å². The molecule has 1 aliphatic carbocycles. The van der Waals surface area contributed by atoms with Gasteiger partial charge in [0, 0.05) is 12.2 Å². The molecule has 3 unspecified atom stereocenters. The largest absolute Gasteiger partial charge is 0.490 e. The molecule has 0 saturated carbocycles. The van der Waals surface area contributed by atoms with Crippen molar-refractivity contribution in [2.75, 3.05) is 18.9 Å². The molecule has 12 heteroatoms. The number of benzene rings is 1. The predicted molar refractivity (Wildman–Crippen MR) is 140 cm³/mol. The Balaban J connectivity index is 0.000000673. The Morgan fingerprint density at radius 2 is 1.67 bits per heavy atom. The fourth-order valence-electron chi connectivity index (χ4n) is 4.63. The molecular formula is C27H39F3N4O5. The van der Waals surface area contributed by atoms with Crippen molar-refractivity contribution in [1.29, 1.82) is 0 Å². The number of carbonyl (C=O) groups is 4. The van der Waals surface area contributed by atoms with E-state index in [1.165, 1.54) is 17.5 Å². The number of amides is 3. The van der Waals surface area contributed by atoms with Gasteiger partial charge in [-0.3, -0.25) is 14.4 Å². The van der Waals surface area contributed by atoms with Crippen LogP contribution in [0.15, 0.2) is 18.2 Å². The van der Waals surface area contributed by atoms with E-state index in [4.69, 9.17) is 9.90 Å². The molecule has 39 heavy (non-hydrogen) atoms. The molecule has 9 nitrogen and oxygen atoms in total. The van der Waals surface area contributed by atoms with Gasteiger partial charge < -0.3 is 26.0 Å². The molecule has 1 heterocycles. The van der Waals surface area contributed by atoms with E-state index in [2.05, 4.69) is 22.0 Å². The summed E-state index contributed by atoms with van der Waals surface area (Å²) in [5.41, 5.74) is 2.92. The number of fused-ring (bicyclic) bond motifs is 1. The molecule has 0 bridgehead atoms. The van der Waals surface area contributed by atoms with Gasteiger partial charge in [0.2, 0.25) is 17.7 Å². The maximum absolute atomic E-state index is 13.5. The highest BCUT2D eigenvalue weighted by Gasteiger charge is 2.42. The van der Waals surface area contributed by atoms with E-state index in [-0.39, 0.29) is 17.7 Å². The minimum Gasteiger partial charge on any atom is -0.475 e. The smallest absolute Gasteiger partial charge is 0.475 e. The Kier molecular flexibility index (Phi) is 10.9. The van der Waals surface area contributed by atoms with Crippen molar-refractivity contribution in [3.8, 4) is 0 Å². The van der Waals surface area contributed by atoms with Crippen LogP contribution in [0.1, 0.15) is 64.5 Å². The maximum Gasteiger partial charge on any atom is 0.490 e. The quantitative estimate of drug-likeness (QED) is 0.426. The van der Waals surface area contributed by atoms with Gasteiger partial charge in [-0.1, -0.05) is 32.9 Å². The zero-order valence-electron chi connectivity index (χ0n) is 23.1. The molecule has 2 aliphatic rings. The number of hydrogen-bond donors (Lipinski definition) is 4.